The average Bonchev–Trinajstić information content (AvgIpc) is 3.39. The van der Waals surface area contributed by atoms with Gasteiger partial charge < -0.3 is 9.32 Å². The smallest absolute Gasteiger partial charge is 0.237 e. The monoisotopic (exact) mass is 340 g/mol. The number of carbonyl (C=O) groups is 1. The number of likely N-dealkylation sites (N-methyl/N-ethyl adjacent to an activating group) is 1. The highest BCUT2D eigenvalue weighted by Gasteiger charge is 2.33. The number of aryl methyl sites for hydroxylation is 1. The van der Waals surface area contributed by atoms with Crippen LogP contribution in [-0.4, -0.2) is 41.4 Å². The van der Waals surface area contributed by atoms with E-state index in [0.717, 1.165) is 43.9 Å². The molecule has 1 saturated carbocycles. The van der Waals surface area contributed by atoms with Crippen molar-refractivity contribution in [3.8, 4) is 0 Å². The lowest BCUT2D eigenvalue weighted by Gasteiger charge is -2.26. The molecule has 0 spiro atoms. The van der Waals surface area contributed by atoms with E-state index in [2.05, 4.69) is 36.1 Å². The van der Waals surface area contributed by atoms with Gasteiger partial charge >= 0.3 is 0 Å². The minimum absolute atomic E-state index is 0.214. The molecule has 0 atom stereocenters. The quantitative estimate of drug-likeness (QED) is 0.699. The van der Waals surface area contributed by atoms with Crippen LogP contribution in [0.15, 0.2) is 46.9 Å². The summed E-state index contributed by atoms with van der Waals surface area (Å²) in [6.45, 7) is 6.93. The molecule has 4 heteroatoms. The van der Waals surface area contributed by atoms with Crippen LogP contribution in [0.1, 0.15) is 36.8 Å². The van der Waals surface area contributed by atoms with Gasteiger partial charge in [0.2, 0.25) is 5.91 Å². The Morgan fingerprint density at radius 1 is 1.16 bits per heavy atom. The van der Waals surface area contributed by atoms with E-state index in [4.69, 9.17) is 4.42 Å². The number of hydrogen-bond acceptors (Lipinski definition) is 3. The number of carbonyl (C=O) groups excluding carboxylic acids is 1. The predicted octanol–water partition coefficient (Wildman–Crippen LogP) is 3.64. The Morgan fingerprint density at radius 2 is 1.92 bits per heavy atom. The molecule has 1 heterocycles. The Morgan fingerprint density at radius 3 is 2.52 bits per heavy atom. The van der Waals surface area contributed by atoms with Gasteiger partial charge in [-0.25, -0.2) is 0 Å². The third-order valence-corrected chi connectivity index (χ3v) is 4.80. The van der Waals surface area contributed by atoms with Gasteiger partial charge in [0.25, 0.3) is 0 Å². The highest BCUT2D eigenvalue weighted by Crippen LogP contribution is 2.29. The first-order valence-electron chi connectivity index (χ1n) is 9.26. The molecular formula is C21H28N2O2. The fourth-order valence-corrected chi connectivity index (χ4v) is 3.11. The summed E-state index contributed by atoms with van der Waals surface area (Å²) in [7, 11) is 0. The molecule has 1 fully saturated rings. The van der Waals surface area contributed by atoms with E-state index < -0.39 is 0 Å². The zero-order valence-corrected chi connectivity index (χ0v) is 15.3. The topological polar surface area (TPSA) is 36.7 Å². The highest BCUT2D eigenvalue weighted by atomic mass is 16.3. The van der Waals surface area contributed by atoms with Crippen LogP contribution in [0.5, 0.6) is 0 Å². The SMILES string of the molecule is CCN(CCc1ccccc1)CC(=O)N(Cc1ccc(C)o1)C1CC1. The summed E-state index contributed by atoms with van der Waals surface area (Å²) in [6.07, 6.45) is 3.20. The van der Waals surface area contributed by atoms with E-state index in [1.54, 1.807) is 0 Å². The largest absolute Gasteiger partial charge is 0.464 e. The van der Waals surface area contributed by atoms with Crippen LogP contribution in [0.25, 0.3) is 0 Å². The molecule has 0 N–H and O–H groups in total. The third kappa shape index (κ3) is 5.20. The van der Waals surface area contributed by atoms with Crippen LogP contribution < -0.4 is 0 Å². The van der Waals surface area contributed by atoms with Crippen LogP contribution in [0.4, 0.5) is 0 Å². The predicted molar refractivity (Wildman–Crippen MR) is 99.3 cm³/mol. The van der Waals surface area contributed by atoms with Gasteiger partial charge in [-0.3, -0.25) is 9.69 Å². The average molecular weight is 340 g/mol. The van der Waals surface area contributed by atoms with Crippen LogP contribution in [0.3, 0.4) is 0 Å². The summed E-state index contributed by atoms with van der Waals surface area (Å²) in [5.74, 6) is 1.99. The van der Waals surface area contributed by atoms with Crippen LogP contribution >= 0.6 is 0 Å². The summed E-state index contributed by atoms with van der Waals surface area (Å²) in [4.78, 5) is 17.1. The summed E-state index contributed by atoms with van der Waals surface area (Å²) in [5, 5.41) is 0. The second kappa shape index (κ2) is 8.34. The van der Waals surface area contributed by atoms with Crippen LogP contribution in [0.2, 0.25) is 0 Å². The van der Waals surface area contributed by atoms with Gasteiger partial charge in [-0.1, -0.05) is 37.3 Å². The minimum atomic E-state index is 0.214. The van der Waals surface area contributed by atoms with Crippen molar-refractivity contribution < 1.29 is 9.21 Å². The summed E-state index contributed by atoms with van der Waals surface area (Å²) in [6, 6.07) is 14.8. The lowest BCUT2D eigenvalue weighted by Crippen LogP contribution is -2.41. The normalized spacial score (nSPS) is 14.0. The molecular weight excluding hydrogens is 312 g/mol. The maximum Gasteiger partial charge on any atom is 0.237 e. The number of hydrogen-bond donors (Lipinski definition) is 0. The Bertz CT molecular complexity index is 676. The number of rotatable bonds is 9. The van der Waals surface area contributed by atoms with Crippen molar-refractivity contribution >= 4 is 5.91 Å². The first kappa shape index (κ1) is 17.7. The molecule has 0 saturated heterocycles. The van der Waals surface area contributed by atoms with Crippen molar-refractivity contribution in [2.45, 2.75) is 45.7 Å². The third-order valence-electron chi connectivity index (χ3n) is 4.80. The molecule has 0 unspecified atom stereocenters. The van der Waals surface area contributed by atoms with Crippen molar-refractivity contribution in [1.29, 1.82) is 0 Å². The molecule has 0 bridgehead atoms. The fourth-order valence-electron chi connectivity index (χ4n) is 3.11. The number of furan rings is 1. The molecule has 1 amide bonds. The molecule has 4 nitrogen and oxygen atoms in total. The Hall–Kier alpha value is -2.07. The summed E-state index contributed by atoms with van der Waals surface area (Å²) >= 11 is 0. The highest BCUT2D eigenvalue weighted by molar-refractivity contribution is 5.79. The lowest BCUT2D eigenvalue weighted by atomic mass is 10.1. The molecule has 25 heavy (non-hydrogen) atoms. The Labute approximate surface area is 150 Å². The molecule has 3 rings (SSSR count). The van der Waals surface area contributed by atoms with Gasteiger partial charge in [0, 0.05) is 12.6 Å². The van der Waals surface area contributed by atoms with Gasteiger partial charge in [0.1, 0.15) is 11.5 Å². The van der Waals surface area contributed by atoms with E-state index in [-0.39, 0.29) is 5.91 Å². The molecule has 2 aromatic rings. The van der Waals surface area contributed by atoms with Crippen molar-refractivity contribution in [3.05, 3.63) is 59.5 Å². The maximum atomic E-state index is 12.9. The summed E-state index contributed by atoms with van der Waals surface area (Å²) in [5.41, 5.74) is 1.32. The Kier molecular flexibility index (Phi) is 5.92. The molecule has 1 aliphatic carbocycles. The van der Waals surface area contributed by atoms with E-state index in [9.17, 15) is 4.79 Å². The second-order valence-electron chi connectivity index (χ2n) is 6.87. The van der Waals surface area contributed by atoms with Crippen molar-refractivity contribution in [3.63, 3.8) is 0 Å². The van der Waals surface area contributed by atoms with E-state index in [0.29, 0.717) is 19.1 Å². The zero-order chi connectivity index (χ0) is 17.6. The maximum absolute atomic E-state index is 12.9. The molecule has 1 aliphatic rings. The van der Waals surface area contributed by atoms with E-state index in [1.807, 2.05) is 30.0 Å². The minimum Gasteiger partial charge on any atom is -0.464 e. The fraction of sp³-hybridized carbons (Fsp3) is 0.476. The molecule has 134 valence electrons. The number of amides is 1. The van der Waals surface area contributed by atoms with Crippen molar-refractivity contribution in [2.75, 3.05) is 19.6 Å². The zero-order valence-electron chi connectivity index (χ0n) is 15.3. The second-order valence-corrected chi connectivity index (χ2v) is 6.87. The Balaban J connectivity index is 1.55. The van der Waals surface area contributed by atoms with Gasteiger partial charge in [-0.15, -0.1) is 0 Å². The van der Waals surface area contributed by atoms with Gasteiger partial charge in [0.05, 0.1) is 13.1 Å². The molecule has 1 aromatic carbocycles. The lowest BCUT2D eigenvalue weighted by molar-refractivity contribution is -0.133. The van der Waals surface area contributed by atoms with Crippen LogP contribution in [-0.2, 0) is 17.8 Å². The van der Waals surface area contributed by atoms with Gasteiger partial charge in [0.15, 0.2) is 0 Å². The van der Waals surface area contributed by atoms with Gasteiger partial charge in [-0.2, -0.15) is 0 Å². The van der Waals surface area contributed by atoms with E-state index >= 15 is 0 Å². The van der Waals surface area contributed by atoms with Crippen LogP contribution in [0, 0.1) is 6.92 Å². The molecule has 0 aliphatic heterocycles. The van der Waals surface area contributed by atoms with Crippen molar-refractivity contribution in [1.82, 2.24) is 9.80 Å². The first-order valence-corrected chi connectivity index (χ1v) is 9.26. The van der Waals surface area contributed by atoms with Crippen molar-refractivity contribution in [2.24, 2.45) is 0 Å². The number of nitrogens with zero attached hydrogens (tertiary/aromatic N) is 2. The van der Waals surface area contributed by atoms with Gasteiger partial charge in [-0.05, 0) is 50.4 Å². The number of benzene rings is 1. The first-order chi connectivity index (χ1) is 12.2. The summed E-state index contributed by atoms with van der Waals surface area (Å²) < 4.78 is 5.67. The molecule has 1 aromatic heterocycles. The standard InChI is InChI=1S/C21H28N2O2/c1-3-22(14-13-18-7-5-4-6-8-18)16-21(24)23(19-10-11-19)15-20-12-9-17(2)25-20/h4-9,12,19H,3,10-11,13-16H2,1-2H3. The van der Waals surface area contributed by atoms with E-state index in [1.165, 1.54) is 5.56 Å². The molecule has 0 radical (unpaired) electrons.